The molecule has 0 amide bonds. The van der Waals surface area contributed by atoms with Gasteiger partial charge in [-0.2, -0.15) is 0 Å². The molecule has 0 fully saturated rings. The monoisotopic (exact) mass is 312 g/mol. The normalized spacial score (nSPS) is 10.4. The van der Waals surface area contributed by atoms with Gasteiger partial charge in [0.25, 0.3) is 0 Å². The molecule has 2 heterocycles. The van der Waals surface area contributed by atoms with Crippen LogP contribution in [0.15, 0.2) is 18.2 Å². The first-order valence-corrected chi connectivity index (χ1v) is 6.64. The Morgan fingerprint density at radius 3 is 2.62 bits per heavy atom. The van der Waals surface area contributed by atoms with Crippen molar-refractivity contribution in [1.29, 1.82) is 0 Å². The second kappa shape index (κ2) is 6.45. The van der Waals surface area contributed by atoms with Crippen molar-refractivity contribution in [1.82, 2.24) is 9.55 Å². The maximum absolute atomic E-state index is 12.0. The van der Waals surface area contributed by atoms with Crippen molar-refractivity contribution < 1.29 is 23.8 Å². The predicted molar refractivity (Wildman–Crippen MR) is 74.8 cm³/mol. The van der Waals surface area contributed by atoms with E-state index in [-0.39, 0.29) is 24.2 Å². The Morgan fingerprint density at radius 2 is 1.95 bits per heavy atom. The molecule has 2 aromatic rings. The van der Waals surface area contributed by atoms with Crippen LogP contribution in [0.1, 0.15) is 13.8 Å². The van der Waals surface area contributed by atoms with Gasteiger partial charge < -0.3 is 14.2 Å². The molecule has 0 N–H and O–H groups in total. The molecule has 0 aliphatic carbocycles. The number of hydrogen-bond donors (Lipinski definition) is 0. The molecule has 0 unspecified atom stereocenters. The third-order valence-electron chi connectivity index (χ3n) is 2.49. The Kier molecular flexibility index (Phi) is 4.64. The molecular formula is C13H13ClN2O5. The molecule has 0 atom stereocenters. The van der Waals surface area contributed by atoms with Gasteiger partial charge in [0.1, 0.15) is 5.15 Å². The number of halogens is 1. The largest absolute Gasteiger partial charge is 0.515 e. The van der Waals surface area contributed by atoms with Crippen molar-refractivity contribution in [3.8, 4) is 5.88 Å². The van der Waals surface area contributed by atoms with Crippen LogP contribution >= 0.6 is 11.6 Å². The number of pyridine rings is 1. The Labute approximate surface area is 125 Å². The van der Waals surface area contributed by atoms with E-state index in [1.54, 1.807) is 19.9 Å². The number of fused-ring (bicyclic) bond motifs is 1. The summed E-state index contributed by atoms with van der Waals surface area (Å²) in [7, 11) is 0. The summed E-state index contributed by atoms with van der Waals surface area (Å²) in [6, 6.07) is 4.52. The van der Waals surface area contributed by atoms with Gasteiger partial charge in [0.15, 0.2) is 0 Å². The molecule has 2 rings (SSSR count). The fourth-order valence-electron chi connectivity index (χ4n) is 1.72. The number of carbonyl (C=O) groups is 2. The highest BCUT2D eigenvalue weighted by Gasteiger charge is 2.21. The molecule has 0 aliphatic heterocycles. The van der Waals surface area contributed by atoms with E-state index in [0.29, 0.717) is 11.0 Å². The first-order valence-electron chi connectivity index (χ1n) is 6.26. The zero-order valence-electron chi connectivity index (χ0n) is 11.5. The van der Waals surface area contributed by atoms with Crippen LogP contribution < -0.4 is 4.74 Å². The first kappa shape index (κ1) is 15.1. The van der Waals surface area contributed by atoms with Gasteiger partial charge in [0.05, 0.1) is 24.2 Å². The average molecular weight is 313 g/mol. The summed E-state index contributed by atoms with van der Waals surface area (Å²) >= 11 is 5.81. The summed E-state index contributed by atoms with van der Waals surface area (Å²) in [5.41, 5.74) is 0.812. The number of hydrogen-bond acceptors (Lipinski definition) is 6. The minimum absolute atomic E-state index is 0.0448. The predicted octanol–water partition coefficient (Wildman–Crippen LogP) is 3.23. The molecule has 8 heteroatoms. The van der Waals surface area contributed by atoms with Gasteiger partial charge in [-0.15, -0.1) is 0 Å². The minimum atomic E-state index is -0.919. The van der Waals surface area contributed by atoms with Crippen LogP contribution in [0.5, 0.6) is 5.88 Å². The van der Waals surface area contributed by atoms with E-state index in [2.05, 4.69) is 9.72 Å². The lowest BCUT2D eigenvalue weighted by atomic mass is 10.4. The molecule has 0 radical (unpaired) electrons. The van der Waals surface area contributed by atoms with Crippen molar-refractivity contribution >= 4 is 34.9 Å². The molecule has 0 spiro atoms. The summed E-state index contributed by atoms with van der Waals surface area (Å²) in [6.07, 6.45) is -1.60. The molecule has 7 nitrogen and oxygen atoms in total. The second-order valence-electron chi connectivity index (χ2n) is 3.84. The highest BCUT2D eigenvalue weighted by Crippen LogP contribution is 2.26. The molecule has 0 saturated carbocycles. The first-order chi connectivity index (χ1) is 10.1. The van der Waals surface area contributed by atoms with E-state index < -0.39 is 12.2 Å². The van der Waals surface area contributed by atoms with E-state index in [1.165, 1.54) is 12.1 Å². The highest BCUT2D eigenvalue weighted by atomic mass is 35.5. The van der Waals surface area contributed by atoms with Crippen LogP contribution in [0, 0.1) is 0 Å². The van der Waals surface area contributed by atoms with Crippen LogP contribution in [-0.2, 0) is 9.47 Å². The van der Waals surface area contributed by atoms with E-state index in [9.17, 15) is 9.59 Å². The number of ether oxygens (including phenoxy) is 3. The Hall–Kier alpha value is -2.28. The zero-order valence-corrected chi connectivity index (χ0v) is 12.2. The molecule has 0 bridgehead atoms. The average Bonchev–Trinajstić information content (AvgIpc) is 2.75. The molecule has 0 saturated heterocycles. The van der Waals surface area contributed by atoms with Crippen molar-refractivity contribution in [2.45, 2.75) is 13.8 Å². The number of rotatable bonds is 3. The third-order valence-corrected chi connectivity index (χ3v) is 2.70. The van der Waals surface area contributed by atoms with Gasteiger partial charge in [-0.1, -0.05) is 11.6 Å². The molecule has 2 aromatic heterocycles. The summed E-state index contributed by atoms with van der Waals surface area (Å²) < 4.78 is 15.7. The van der Waals surface area contributed by atoms with Gasteiger partial charge in [0.2, 0.25) is 5.88 Å². The van der Waals surface area contributed by atoms with E-state index in [4.69, 9.17) is 21.1 Å². The third kappa shape index (κ3) is 3.25. The zero-order chi connectivity index (χ0) is 15.4. The summed E-state index contributed by atoms with van der Waals surface area (Å²) in [6.45, 7) is 3.65. The van der Waals surface area contributed by atoms with Crippen molar-refractivity contribution in [3.63, 3.8) is 0 Å². The van der Waals surface area contributed by atoms with Gasteiger partial charge in [0, 0.05) is 6.07 Å². The molecular weight excluding hydrogens is 300 g/mol. The van der Waals surface area contributed by atoms with Crippen LogP contribution in [0.2, 0.25) is 5.15 Å². The SMILES string of the molecule is CCOC(=O)Oc1cc2nc(Cl)ccc2n1C(=O)OCC. The van der Waals surface area contributed by atoms with Gasteiger partial charge in [-0.25, -0.2) is 19.1 Å². The van der Waals surface area contributed by atoms with Crippen molar-refractivity contribution in [3.05, 3.63) is 23.4 Å². The second-order valence-corrected chi connectivity index (χ2v) is 4.23. The fourth-order valence-corrected chi connectivity index (χ4v) is 1.88. The topological polar surface area (TPSA) is 79.7 Å². The maximum Gasteiger partial charge on any atom is 0.515 e. The molecule has 112 valence electrons. The molecule has 0 aromatic carbocycles. The fraction of sp³-hybridized carbons (Fsp3) is 0.308. The van der Waals surface area contributed by atoms with E-state index >= 15 is 0 Å². The van der Waals surface area contributed by atoms with Gasteiger partial charge >= 0.3 is 12.2 Å². The highest BCUT2D eigenvalue weighted by molar-refractivity contribution is 6.29. The number of nitrogens with zero attached hydrogens (tertiary/aromatic N) is 2. The Morgan fingerprint density at radius 1 is 1.24 bits per heavy atom. The van der Waals surface area contributed by atoms with Crippen LogP contribution in [-0.4, -0.2) is 35.0 Å². The van der Waals surface area contributed by atoms with Crippen molar-refractivity contribution in [2.75, 3.05) is 13.2 Å². The molecule has 0 aliphatic rings. The van der Waals surface area contributed by atoms with Crippen LogP contribution in [0.25, 0.3) is 11.0 Å². The van der Waals surface area contributed by atoms with Crippen LogP contribution in [0.3, 0.4) is 0 Å². The maximum atomic E-state index is 12.0. The summed E-state index contributed by atoms with van der Waals surface area (Å²) in [5.74, 6) is -0.0448. The standard InChI is InChI=1S/C13H13ClN2O5/c1-3-19-12(17)16-9-5-6-10(14)15-8(9)7-11(16)21-13(18)20-4-2/h5-7H,3-4H2,1-2H3. The number of aromatic nitrogens is 2. The van der Waals surface area contributed by atoms with Gasteiger partial charge in [-0.3, -0.25) is 0 Å². The van der Waals surface area contributed by atoms with Crippen LogP contribution in [0.4, 0.5) is 9.59 Å². The van der Waals surface area contributed by atoms with Crippen molar-refractivity contribution in [2.24, 2.45) is 0 Å². The Bertz CT molecular complexity index is 682. The summed E-state index contributed by atoms with van der Waals surface area (Å²) in [4.78, 5) is 27.5. The summed E-state index contributed by atoms with van der Waals surface area (Å²) in [5, 5.41) is 0.256. The lowest BCUT2D eigenvalue weighted by molar-refractivity contribution is 0.100. The number of carbonyl (C=O) groups excluding carboxylic acids is 2. The van der Waals surface area contributed by atoms with Gasteiger partial charge in [-0.05, 0) is 26.0 Å². The quantitative estimate of drug-likeness (QED) is 0.639. The smallest absolute Gasteiger partial charge is 0.449 e. The Balaban J connectivity index is 2.48. The minimum Gasteiger partial charge on any atom is -0.449 e. The van der Waals surface area contributed by atoms with E-state index in [1.807, 2.05) is 0 Å². The van der Waals surface area contributed by atoms with E-state index in [0.717, 1.165) is 4.57 Å². The lowest BCUT2D eigenvalue weighted by Gasteiger charge is -2.08. The molecule has 21 heavy (non-hydrogen) atoms. The lowest BCUT2D eigenvalue weighted by Crippen LogP contribution is -2.18.